The van der Waals surface area contributed by atoms with Gasteiger partial charge in [0.25, 0.3) is 0 Å². The van der Waals surface area contributed by atoms with Gasteiger partial charge < -0.3 is 14.4 Å². The predicted octanol–water partition coefficient (Wildman–Crippen LogP) is 2.08. The van der Waals surface area contributed by atoms with Crippen molar-refractivity contribution in [2.75, 3.05) is 30.4 Å². The van der Waals surface area contributed by atoms with Gasteiger partial charge in [-0.3, -0.25) is 0 Å². The van der Waals surface area contributed by atoms with Crippen LogP contribution in [0.1, 0.15) is 6.92 Å². The lowest BCUT2D eigenvalue weighted by atomic mass is 10.2. The summed E-state index contributed by atoms with van der Waals surface area (Å²) < 4.78 is 11.0. The van der Waals surface area contributed by atoms with Crippen LogP contribution in [0.3, 0.4) is 0 Å². The largest absolute Gasteiger partial charge is 0.481 e. The molecule has 1 aromatic heterocycles. The highest BCUT2D eigenvalue weighted by atomic mass is 79.9. The number of hydrogen-bond donors (Lipinski definition) is 0. The third-order valence-corrected chi connectivity index (χ3v) is 3.51. The van der Waals surface area contributed by atoms with Crippen LogP contribution >= 0.6 is 15.9 Å². The lowest BCUT2D eigenvalue weighted by Gasteiger charge is -2.37. The molecule has 2 atom stereocenters. The standard InChI is InChI=1S/C12H17BrN2O2/c1-9-7-15(8-11(6-13)17-9)10-3-4-14-12(5-10)16-2/h3-5,9,11H,6-8H2,1-2H3. The Morgan fingerprint density at radius 2 is 2.41 bits per heavy atom. The Bertz CT molecular complexity index is 375. The minimum atomic E-state index is 0.234. The fourth-order valence-corrected chi connectivity index (χ4v) is 2.41. The first-order chi connectivity index (χ1) is 8.22. The molecule has 17 heavy (non-hydrogen) atoms. The summed E-state index contributed by atoms with van der Waals surface area (Å²) >= 11 is 3.48. The second-order valence-electron chi connectivity index (χ2n) is 4.18. The zero-order valence-electron chi connectivity index (χ0n) is 10.1. The van der Waals surface area contributed by atoms with Gasteiger partial charge >= 0.3 is 0 Å². The maximum absolute atomic E-state index is 5.81. The van der Waals surface area contributed by atoms with E-state index >= 15 is 0 Å². The molecule has 0 N–H and O–H groups in total. The predicted molar refractivity (Wildman–Crippen MR) is 71.1 cm³/mol. The molecule has 0 spiro atoms. The number of nitrogens with zero attached hydrogens (tertiary/aromatic N) is 2. The van der Waals surface area contributed by atoms with Crippen molar-refractivity contribution in [3.63, 3.8) is 0 Å². The summed E-state index contributed by atoms with van der Waals surface area (Å²) in [4.78, 5) is 6.43. The average molecular weight is 301 g/mol. The normalized spacial score (nSPS) is 24.8. The number of halogens is 1. The van der Waals surface area contributed by atoms with Crippen LogP contribution in [0.2, 0.25) is 0 Å². The maximum atomic E-state index is 5.81. The lowest BCUT2D eigenvalue weighted by Crippen LogP contribution is -2.47. The number of morpholine rings is 1. The Morgan fingerprint density at radius 3 is 3.12 bits per heavy atom. The number of alkyl halides is 1. The van der Waals surface area contributed by atoms with Gasteiger partial charge in [0.1, 0.15) is 0 Å². The molecule has 1 aromatic rings. The molecule has 0 aromatic carbocycles. The van der Waals surface area contributed by atoms with Gasteiger partial charge in [-0.25, -0.2) is 4.98 Å². The minimum absolute atomic E-state index is 0.234. The molecule has 1 aliphatic rings. The number of pyridine rings is 1. The molecule has 1 saturated heterocycles. The third kappa shape index (κ3) is 3.10. The third-order valence-electron chi connectivity index (χ3n) is 2.79. The molecular weight excluding hydrogens is 284 g/mol. The first kappa shape index (κ1) is 12.6. The van der Waals surface area contributed by atoms with E-state index in [9.17, 15) is 0 Å². The molecule has 0 aliphatic carbocycles. The summed E-state index contributed by atoms with van der Waals surface area (Å²) in [6.45, 7) is 3.89. The monoisotopic (exact) mass is 300 g/mol. The van der Waals surface area contributed by atoms with Crippen molar-refractivity contribution in [3.8, 4) is 5.88 Å². The molecule has 0 bridgehead atoms. The summed E-state index contributed by atoms with van der Waals surface area (Å²) in [7, 11) is 1.63. The van der Waals surface area contributed by atoms with Gasteiger partial charge in [0.2, 0.25) is 5.88 Å². The smallest absolute Gasteiger partial charge is 0.214 e. The molecule has 4 nitrogen and oxygen atoms in total. The molecule has 2 unspecified atom stereocenters. The molecule has 1 aliphatic heterocycles. The molecule has 0 radical (unpaired) electrons. The molecule has 2 heterocycles. The van der Waals surface area contributed by atoms with Gasteiger partial charge in [0, 0.05) is 36.4 Å². The van der Waals surface area contributed by atoms with E-state index in [0.717, 1.165) is 24.1 Å². The SMILES string of the molecule is COc1cc(N2CC(C)OC(CBr)C2)ccn1. The molecule has 2 rings (SSSR count). The van der Waals surface area contributed by atoms with Gasteiger partial charge in [-0.2, -0.15) is 0 Å². The van der Waals surface area contributed by atoms with Crippen molar-refractivity contribution in [2.45, 2.75) is 19.1 Å². The van der Waals surface area contributed by atoms with Crippen LogP contribution < -0.4 is 9.64 Å². The number of ether oxygens (including phenoxy) is 2. The van der Waals surface area contributed by atoms with Crippen LogP contribution in [-0.4, -0.2) is 42.7 Å². The molecule has 94 valence electrons. The Balaban J connectivity index is 2.14. The zero-order chi connectivity index (χ0) is 12.3. The summed E-state index contributed by atoms with van der Waals surface area (Å²) in [5, 5.41) is 0.857. The second kappa shape index (κ2) is 5.69. The number of methoxy groups -OCH3 is 1. The summed E-state index contributed by atoms with van der Waals surface area (Å²) in [5.41, 5.74) is 1.14. The van der Waals surface area contributed by atoms with Gasteiger partial charge in [-0.15, -0.1) is 0 Å². The summed E-state index contributed by atoms with van der Waals surface area (Å²) in [6.07, 6.45) is 2.25. The molecule has 0 amide bonds. The highest BCUT2D eigenvalue weighted by Gasteiger charge is 2.24. The van der Waals surface area contributed by atoms with Crippen molar-refractivity contribution in [1.29, 1.82) is 0 Å². The van der Waals surface area contributed by atoms with Crippen molar-refractivity contribution >= 4 is 21.6 Å². The quantitative estimate of drug-likeness (QED) is 0.801. The van der Waals surface area contributed by atoms with Crippen molar-refractivity contribution in [3.05, 3.63) is 18.3 Å². The first-order valence-corrected chi connectivity index (χ1v) is 6.81. The highest BCUT2D eigenvalue weighted by molar-refractivity contribution is 9.09. The van der Waals surface area contributed by atoms with E-state index in [1.165, 1.54) is 0 Å². The maximum Gasteiger partial charge on any atom is 0.214 e. The van der Waals surface area contributed by atoms with Crippen molar-refractivity contribution in [2.24, 2.45) is 0 Å². The summed E-state index contributed by atoms with van der Waals surface area (Å²) in [6, 6.07) is 3.97. The minimum Gasteiger partial charge on any atom is -0.481 e. The number of hydrogen-bond acceptors (Lipinski definition) is 4. The van der Waals surface area contributed by atoms with Crippen LogP contribution in [0.25, 0.3) is 0 Å². The van der Waals surface area contributed by atoms with E-state index in [1.807, 2.05) is 12.1 Å². The van der Waals surface area contributed by atoms with Gasteiger partial charge in [-0.1, -0.05) is 15.9 Å². The number of rotatable bonds is 3. The van der Waals surface area contributed by atoms with Crippen molar-refractivity contribution < 1.29 is 9.47 Å². The lowest BCUT2D eigenvalue weighted by molar-refractivity contribution is -0.00200. The van der Waals surface area contributed by atoms with E-state index in [4.69, 9.17) is 9.47 Å². The molecule has 0 saturated carbocycles. The van der Waals surface area contributed by atoms with Gasteiger partial charge in [-0.05, 0) is 13.0 Å². The fourth-order valence-electron chi connectivity index (χ4n) is 2.05. The van der Waals surface area contributed by atoms with E-state index in [-0.39, 0.29) is 12.2 Å². The van der Waals surface area contributed by atoms with Crippen LogP contribution in [-0.2, 0) is 4.74 Å². The van der Waals surface area contributed by atoms with Gasteiger partial charge in [0.05, 0.1) is 19.3 Å². The van der Waals surface area contributed by atoms with E-state index < -0.39 is 0 Å². The Labute approximate surface area is 110 Å². The number of anilines is 1. The van der Waals surface area contributed by atoms with Crippen LogP contribution in [0.5, 0.6) is 5.88 Å². The Morgan fingerprint density at radius 1 is 1.59 bits per heavy atom. The van der Waals surface area contributed by atoms with Crippen LogP contribution in [0.4, 0.5) is 5.69 Å². The van der Waals surface area contributed by atoms with Crippen molar-refractivity contribution in [1.82, 2.24) is 4.98 Å². The summed E-state index contributed by atoms with van der Waals surface area (Å²) in [5.74, 6) is 0.650. The van der Waals surface area contributed by atoms with E-state index in [2.05, 4.69) is 32.7 Å². The highest BCUT2D eigenvalue weighted by Crippen LogP contribution is 2.23. The fraction of sp³-hybridized carbons (Fsp3) is 0.583. The second-order valence-corrected chi connectivity index (χ2v) is 4.83. The zero-order valence-corrected chi connectivity index (χ0v) is 11.7. The molecular formula is C12H17BrN2O2. The Kier molecular flexibility index (Phi) is 4.23. The topological polar surface area (TPSA) is 34.6 Å². The molecule has 5 heteroatoms. The first-order valence-electron chi connectivity index (χ1n) is 5.69. The van der Waals surface area contributed by atoms with E-state index in [1.54, 1.807) is 13.3 Å². The average Bonchev–Trinajstić information content (AvgIpc) is 2.38. The number of aromatic nitrogens is 1. The van der Waals surface area contributed by atoms with Gasteiger partial charge in [0.15, 0.2) is 0 Å². The Hall–Kier alpha value is -0.810. The van der Waals surface area contributed by atoms with E-state index in [0.29, 0.717) is 5.88 Å². The van der Waals surface area contributed by atoms with Crippen LogP contribution in [0, 0.1) is 0 Å². The van der Waals surface area contributed by atoms with Crippen LogP contribution in [0.15, 0.2) is 18.3 Å². The molecule has 1 fully saturated rings.